The van der Waals surface area contributed by atoms with Crippen molar-refractivity contribution < 1.29 is 4.39 Å². The number of hydrogen-bond donors (Lipinski definition) is 0. The van der Waals surface area contributed by atoms with Gasteiger partial charge >= 0.3 is 0 Å². The SMILES string of the molecule is N#Cc1cc(F)cc(N2CCC3(CCCCC3)CC2)c1. The largest absolute Gasteiger partial charge is 0.371 e. The van der Waals surface area contributed by atoms with Crippen LogP contribution >= 0.6 is 0 Å². The first kappa shape index (κ1) is 13.4. The Bertz CT molecular complexity index is 516. The van der Waals surface area contributed by atoms with E-state index in [1.54, 1.807) is 6.07 Å². The van der Waals surface area contributed by atoms with E-state index in [0.29, 0.717) is 11.0 Å². The molecule has 1 saturated carbocycles. The van der Waals surface area contributed by atoms with Crippen LogP contribution in [0.4, 0.5) is 10.1 Å². The van der Waals surface area contributed by atoms with E-state index in [4.69, 9.17) is 5.26 Å². The molecule has 3 rings (SSSR count). The third-order valence-corrected chi connectivity index (χ3v) is 5.12. The van der Waals surface area contributed by atoms with Crippen molar-refractivity contribution in [3.63, 3.8) is 0 Å². The molecular weight excluding hydrogens is 251 g/mol. The molecule has 1 spiro atoms. The molecule has 1 saturated heterocycles. The van der Waals surface area contributed by atoms with Crippen LogP contribution in [-0.2, 0) is 0 Å². The number of hydrogen-bond acceptors (Lipinski definition) is 2. The van der Waals surface area contributed by atoms with E-state index in [9.17, 15) is 4.39 Å². The zero-order valence-corrected chi connectivity index (χ0v) is 11.9. The second-order valence-electron chi connectivity index (χ2n) is 6.36. The van der Waals surface area contributed by atoms with Gasteiger partial charge in [-0.05, 0) is 49.3 Å². The molecule has 1 heterocycles. The molecule has 0 bridgehead atoms. The molecule has 2 aliphatic rings. The molecule has 0 aromatic heterocycles. The smallest absolute Gasteiger partial charge is 0.126 e. The topological polar surface area (TPSA) is 27.0 Å². The summed E-state index contributed by atoms with van der Waals surface area (Å²) in [4.78, 5) is 2.24. The first-order valence-electron chi connectivity index (χ1n) is 7.66. The van der Waals surface area contributed by atoms with E-state index >= 15 is 0 Å². The van der Waals surface area contributed by atoms with E-state index in [-0.39, 0.29) is 5.82 Å². The summed E-state index contributed by atoms with van der Waals surface area (Å²) in [7, 11) is 0. The molecule has 0 atom stereocenters. The van der Waals surface area contributed by atoms with Crippen LogP contribution in [0.1, 0.15) is 50.5 Å². The van der Waals surface area contributed by atoms with E-state index in [1.165, 1.54) is 51.0 Å². The lowest BCUT2D eigenvalue weighted by Gasteiger charge is -2.45. The van der Waals surface area contributed by atoms with Gasteiger partial charge in [0, 0.05) is 18.8 Å². The standard InChI is InChI=1S/C17H21FN2/c18-15-10-14(13-19)11-16(12-15)20-8-6-17(7-9-20)4-2-1-3-5-17/h10-12H,1-9H2. The van der Waals surface area contributed by atoms with Crippen molar-refractivity contribution in [2.75, 3.05) is 18.0 Å². The lowest BCUT2D eigenvalue weighted by atomic mass is 9.68. The van der Waals surface area contributed by atoms with E-state index in [2.05, 4.69) is 4.90 Å². The molecule has 106 valence electrons. The fraction of sp³-hybridized carbons (Fsp3) is 0.588. The number of rotatable bonds is 1. The number of nitrogens with zero attached hydrogens (tertiary/aromatic N) is 2. The quantitative estimate of drug-likeness (QED) is 0.764. The van der Waals surface area contributed by atoms with Gasteiger partial charge in [-0.3, -0.25) is 0 Å². The number of halogens is 1. The fourth-order valence-corrected chi connectivity index (χ4v) is 3.86. The predicted molar refractivity (Wildman–Crippen MR) is 78.1 cm³/mol. The Hall–Kier alpha value is -1.56. The van der Waals surface area contributed by atoms with Crippen molar-refractivity contribution in [1.29, 1.82) is 5.26 Å². The summed E-state index contributed by atoms with van der Waals surface area (Å²) in [5.41, 5.74) is 1.84. The zero-order valence-electron chi connectivity index (χ0n) is 11.9. The molecule has 2 fully saturated rings. The van der Waals surface area contributed by atoms with Crippen molar-refractivity contribution >= 4 is 5.69 Å². The summed E-state index contributed by atoms with van der Waals surface area (Å²) in [5.74, 6) is -0.308. The van der Waals surface area contributed by atoms with Crippen LogP contribution in [0.2, 0.25) is 0 Å². The van der Waals surface area contributed by atoms with E-state index < -0.39 is 0 Å². The summed E-state index contributed by atoms with van der Waals surface area (Å²) >= 11 is 0. The van der Waals surface area contributed by atoms with Gasteiger partial charge < -0.3 is 4.90 Å². The third-order valence-electron chi connectivity index (χ3n) is 5.12. The van der Waals surface area contributed by atoms with Gasteiger partial charge in [-0.2, -0.15) is 5.26 Å². The number of piperidine rings is 1. The van der Waals surface area contributed by atoms with Gasteiger partial charge in [0.15, 0.2) is 0 Å². The van der Waals surface area contributed by atoms with Gasteiger partial charge in [-0.25, -0.2) is 4.39 Å². The molecule has 1 aliphatic carbocycles. The maximum absolute atomic E-state index is 13.5. The van der Waals surface area contributed by atoms with Crippen molar-refractivity contribution in [2.24, 2.45) is 5.41 Å². The highest BCUT2D eigenvalue weighted by atomic mass is 19.1. The van der Waals surface area contributed by atoms with E-state index in [0.717, 1.165) is 18.8 Å². The molecule has 1 aromatic carbocycles. The Labute approximate surface area is 120 Å². The second-order valence-corrected chi connectivity index (χ2v) is 6.36. The summed E-state index contributed by atoms with van der Waals surface area (Å²) in [6.07, 6.45) is 9.30. The van der Waals surface area contributed by atoms with Gasteiger partial charge in [-0.15, -0.1) is 0 Å². The van der Waals surface area contributed by atoms with Gasteiger partial charge in [0.25, 0.3) is 0 Å². The second kappa shape index (κ2) is 5.44. The first-order chi connectivity index (χ1) is 9.71. The Morgan fingerprint density at radius 2 is 1.70 bits per heavy atom. The molecule has 2 nitrogen and oxygen atoms in total. The molecular formula is C17H21FN2. The minimum atomic E-state index is -0.308. The molecule has 3 heteroatoms. The van der Waals surface area contributed by atoms with Gasteiger partial charge in [0.2, 0.25) is 0 Å². The van der Waals surface area contributed by atoms with E-state index in [1.807, 2.05) is 12.1 Å². The minimum Gasteiger partial charge on any atom is -0.371 e. The highest BCUT2D eigenvalue weighted by Gasteiger charge is 2.35. The highest BCUT2D eigenvalue weighted by Crippen LogP contribution is 2.45. The summed E-state index contributed by atoms with van der Waals surface area (Å²) < 4.78 is 13.5. The van der Waals surface area contributed by atoms with Crippen LogP contribution in [-0.4, -0.2) is 13.1 Å². The Kier molecular flexibility index (Phi) is 3.65. The number of nitriles is 1. The zero-order chi connectivity index (χ0) is 14.0. The Morgan fingerprint density at radius 1 is 1.00 bits per heavy atom. The summed E-state index contributed by atoms with van der Waals surface area (Å²) in [6, 6.07) is 6.70. The van der Waals surface area contributed by atoms with Crippen LogP contribution in [0.25, 0.3) is 0 Å². The van der Waals surface area contributed by atoms with Crippen LogP contribution < -0.4 is 4.90 Å². The molecule has 0 radical (unpaired) electrons. The molecule has 0 N–H and O–H groups in total. The van der Waals surface area contributed by atoms with Crippen LogP contribution in [0, 0.1) is 22.6 Å². The normalized spacial score (nSPS) is 21.7. The van der Waals surface area contributed by atoms with Crippen LogP contribution in [0.3, 0.4) is 0 Å². The van der Waals surface area contributed by atoms with Gasteiger partial charge in [-0.1, -0.05) is 19.3 Å². The number of benzene rings is 1. The summed E-state index contributed by atoms with van der Waals surface area (Å²) in [5, 5.41) is 8.95. The average Bonchev–Trinajstić information content (AvgIpc) is 2.48. The molecule has 20 heavy (non-hydrogen) atoms. The maximum atomic E-state index is 13.5. The minimum absolute atomic E-state index is 0.308. The van der Waals surface area contributed by atoms with Crippen LogP contribution in [0.5, 0.6) is 0 Å². The monoisotopic (exact) mass is 272 g/mol. The fourth-order valence-electron chi connectivity index (χ4n) is 3.86. The predicted octanol–water partition coefficient (Wildman–Crippen LogP) is 4.25. The van der Waals surface area contributed by atoms with Crippen molar-refractivity contribution in [3.8, 4) is 6.07 Å². The Morgan fingerprint density at radius 3 is 2.35 bits per heavy atom. The van der Waals surface area contributed by atoms with Crippen molar-refractivity contribution in [3.05, 3.63) is 29.6 Å². The number of anilines is 1. The van der Waals surface area contributed by atoms with Crippen molar-refractivity contribution in [2.45, 2.75) is 44.9 Å². The molecule has 0 unspecified atom stereocenters. The van der Waals surface area contributed by atoms with Gasteiger partial charge in [0.1, 0.15) is 5.82 Å². The highest BCUT2D eigenvalue weighted by molar-refractivity contribution is 5.52. The summed E-state index contributed by atoms with van der Waals surface area (Å²) in [6.45, 7) is 1.99. The lowest BCUT2D eigenvalue weighted by molar-refractivity contribution is 0.144. The first-order valence-corrected chi connectivity index (χ1v) is 7.66. The molecule has 1 aliphatic heterocycles. The molecule has 0 amide bonds. The van der Waals surface area contributed by atoms with Crippen LogP contribution in [0.15, 0.2) is 18.2 Å². The Balaban J connectivity index is 1.72. The maximum Gasteiger partial charge on any atom is 0.126 e. The van der Waals surface area contributed by atoms with Gasteiger partial charge in [0.05, 0.1) is 11.6 Å². The molecule has 1 aromatic rings. The average molecular weight is 272 g/mol. The van der Waals surface area contributed by atoms with Crippen molar-refractivity contribution in [1.82, 2.24) is 0 Å². The lowest BCUT2D eigenvalue weighted by Crippen LogP contribution is -2.41. The third kappa shape index (κ3) is 2.65.